The zero-order valence-electron chi connectivity index (χ0n) is 22.2. The van der Waals surface area contributed by atoms with Crippen molar-refractivity contribution >= 4 is 21.5 Å². The van der Waals surface area contributed by atoms with Gasteiger partial charge in [0.25, 0.3) is 0 Å². The average molecular weight is 495 g/mol. The van der Waals surface area contributed by atoms with Gasteiger partial charge in [-0.2, -0.15) is 0 Å². The summed E-state index contributed by atoms with van der Waals surface area (Å²) in [4.78, 5) is 0. The van der Waals surface area contributed by atoms with E-state index in [1.54, 1.807) is 0 Å². The fourth-order valence-corrected chi connectivity index (χ4v) is 5.00. The largest absolute Gasteiger partial charge is 0.457 e. The smallest absolute Gasteiger partial charge is 0.136 e. The summed E-state index contributed by atoms with van der Waals surface area (Å²) < 4.78 is 13.3. The highest BCUT2D eigenvalue weighted by Gasteiger charge is 2.20. The highest BCUT2D eigenvalue weighted by molar-refractivity contribution is 6.09. The Balaban J connectivity index is 1.62. The molecule has 0 aliphatic carbocycles. The van der Waals surface area contributed by atoms with Crippen LogP contribution in [-0.2, 0) is 0 Å². The van der Waals surface area contributed by atoms with E-state index in [1.807, 2.05) is 12.1 Å². The molecule has 0 saturated heterocycles. The lowest BCUT2D eigenvalue weighted by Gasteiger charge is -2.20. The number of hydrogen-bond acceptors (Lipinski definition) is 2. The Hall–Kier alpha value is -4.56. The molecule has 0 amide bonds. The third kappa shape index (κ3) is 4.39. The van der Waals surface area contributed by atoms with Gasteiger partial charge >= 0.3 is 0 Å². The van der Waals surface area contributed by atoms with Crippen molar-refractivity contribution < 1.29 is 9.47 Å². The van der Waals surface area contributed by atoms with Gasteiger partial charge in [-0.15, -0.1) is 0 Å². The molecule has 0 radical (unpaired) electrons. The Morgan fingerprint density at radius 3 is 1.24 bits per heavy atom. The van der Waals surface area contributed by atoms with Gasteiger partial charge in [0.15, 0.2) is 0 Å². The second kappa shape index (κ2) is 9.72. The van der Waals surface area contributed by atoms with Gasteiger partial charge < -0.3 is 9.47 Å². The molecule has 0 spiro atoms. The van der Waals surface area contributed by atoms with E-state index in [0.29, 0.717) is 0 Å². The first kappa shape index (κ1) is 23.8. The van der Waals surface area contributed by atoms with Crippen molar-refractivity contribution in [1.29, 1.82) is 0 Å². The van der Waals surface area contributed by atoms with Crippen molar-refractivity contribution in [3.05, 3.63) is 131 Å². The van der Waals surface area contributed by atoms with Gasteiger partial charge in [-0.25, -0.2) is 0 Å². The molecule has 38 heavy (non-hydrogen) atoms. The predicted molar refractivity (Wildman–Crippen MR) is 159 cm³/mol. The van der Waals surface area contributed by atoms with Crippen LogP contribution < -0.4 is 9.47 Å². The SMILES string of the molecule is Cc1ccc(Oc2ccc3ccccc3c2-c2c(Oc3ccc(C)c(C)c3)ccc3ccccc23)cc1C. The van der Waals surface area contributed by atoms with Crippen LogP contribution in [0.1, 0.15) is 22.3 Å². The zero-order chi connectivity index (χ0) is 26.2. The summed E-state index contributed by atoms with van der Waals surface area (Å²) in [7, 11) is 0. The van der Waals surface area contributed by atoms with E-state index < -0.39 is 0 Å². The van der Waals surface area contributed by atoms with E-state index in [2.05, 4.69) is 125 Å². The molecule has 0 N–H and O–H groups in total. The molecule has 6 aromatic rings. The van der Waals surface area contributed by atoms with Crippen LogP contribution in [0.25, 0.3) is 32.7 Å². The summed E-state index contributed by atoms with van der Waals surface area (Å²) in [5.41, 5.74) is 6.94. The first-order chi connectivity index (χ1) is 18.5. The molecule has 0 aromatic heterocycles. The van der Waals surface area contributed by atoms with Crippen molar-refractivity contribution in [2.24, 2.45) is 0 Å². The lowest BCUT2D eigenvalue weighted by Crippen LogP contribution is -1.95. The Kier molecular flexibility index (Phi) is 6.09. The lowest BCUT2D eigenvalue weighted by molar-refractivity contribution is 0.478. The fraction of sp³-hybridized carbons (Fsp3) is 0.111. The van der Waals surface area contributed by atoms with Crippen molar-refractivity contribution in [3.63, 3.8) is 0 Å². The highest BCUT2D eigenvalue weighted by atomic mass is 16.5. The number of rotatable bonds is 5. The summed E-state index contributed by atoms with van der Waals surface area (Å²) in [6, 6.07) is 37.9. The normalized spacial score (nSPS) is 11.2. The molecule has 2 nitrogen and oxygen atoms in total. The van der Waals surface area contributed by atoms with E-state index in [1.165, 1.54) is 22.3 Å². The Morgan fingerprint density at radius 1 is 0.395 bits per heavy atom. The minimum absolute atomic E-state index is 0.799. The summed E-state index contributed by atoms with van der Waals surface area (Å²) in [6.07, 6.45) is 0. The minimum atomic E-state index is 0.799. The van der Waals surface area contributed by atoms with Gasteiger partial charge in [-0.05, 0) is 108 Å². The molecule has 6 aromatic carbocycles. The maximum Gasteiger partial charge on any atom is 0.136 e. The summed E-state index contributed by atoms with van der Waals surface area (Å²) in [5, 5.41) is 4.55. The van der Waals surface area contributed by atoms with Crippen LogP contribution in [0.3, 0.4) is 0 Å². The quantitative estimate of drug-likeness (QED) is 0.237. The molecule has 186 valence electrons. The van der Waals surface area contributed by atoms with Crippen LogP contribution >= 0.6 is 0 Å². The monoisotopic (exact) mass is 494 g/mol. The van der Waals surface area contributed by atoms with Gasteiger partial charge in [-0.3, -0.25) is 0 Å². The van der Waals surface area contributed by atoms with Crippen molar-refractivity contribution in [1.82, 2.24) is 0 Å². The van der Waals surface area contributed by atoms with Crippen LogP contribution in [0, 0.1) is 27.7 Å². The van der Waals surface area contributed by atoms with E-state index in [-0.39, 0.29) is 0 Å². The van der Waals surface area contributed by atoms with Crippen LogP contribution in [0.15, 0.2) is 109 Å². The molecule has 0 aliphatic rings. The van der Waals surface area contributed by atoms with Gasteiger partial charge in [0.05, 0.1) is 0 Å². The van der Waals surface area contributed by atoms with Gasteiger partial charge in [0, 0.05) is 11.1 Å². The predicted octanol–water partition coefficient (Wildman–Crippen LogP) is 10.5. The second-order valence-electron chi connectivity index (χ2n) is 10.0. The van der Waals surface area contributed by atoms with Crippen molar-refractivity contribution in [2.75, 3.05) is 0 Å². The molecule has 0 fully saturated rings. The maximum absolute atomic E-state index is 6.64. The number of ether oxygens (including phenoxy) is 2. The van der Waals surface area contributed by atoms with Crippen LogP contribution in [-0.4, -0.2) is 0 Å². The van der Waals surface area contributed by atoms with E-state index in [4.69, 9.17) is 9.47 Å². The molecule has 2 heteroatoms. The topological polar surface area (TPSA) is 18.5 Å². The van der Waals surface area contributed by atoms with Gasteiger partial charge in [0.2, 0.25) is 0 Å². The fourth-order valence-electron chi connectivity index (χ4n) is 5.00. The van der Waals surface area contributed by atoms with E-state index in [9.17, 15) is 0 Å². The Bertz CT molecular complexity index is 1680. The van der Waals surface area contributed by atoms with Crippen molar-refractivity contribution in [3.8, 4) is 34.1 Å². The number of aryl methyl sites for hydroxylation is 4. The van der Waals surface area contributed by atoms with Crippen LogP contribution in [0.4, 0.5) is 0 Å². The molecular formula is C36H30O2. The lowest BCUT2D eigenvalue weighted by atomic mass is 9.92. The molecule has 6 rings (SSSR count). The first-order valence-electron chi connectivity index (χ1n) is 13.0. The number of fused-ring (bicyclic) bond motifs is 2. The molecule has 0 saturated carbocycles. The number of benzene rings is 6. The number of hydrogen-bond donors (Lipinski definition) is 0. The standard InChI is InChI=1S/C36H30O2/c1-23-13-17-29(21-25(23)3)37-33-19-15-27-9-5-7-11-31(27)35(33)36-32-12-8-6-10-28(32)16-20-34(36)38-30-18-14-24(2)26(4)22-30/h5-22H,1-4H3. The Labute approximate surface area is 224 Å². The second-order valence-corrected chi connectivity index (χ2v) is 10.0. The van der Waals surface area contributed by atoms with E-state index >= 15 is 0 Å². The zero-order valence-corrected chi connectivity index (χ0v) is 22.2. The third-order valence-corrected chi connectivity index (χ3v) is 7.44. The maximum atomic E-state index is 6.64. The van der Waals surface area contributed by atoms with Crippen molar-refractivity contribution in [2.45, 2.75) is 27.7 Å². The molecule has 0 atom stereocenters. The van der Waals surface area contributed by atoms with E-state index in [0.717, 1.165) is 55.7 Å². The minimum Gasteiger partial charge on any atom is -0.457 e. The summed E-state index contributed by atoms with van der Waals surface area (Å²) >= 11 is 0. The average Bonchev–Trinajstić information content (AvgIpc) is 2.93. The molecule has 0 unspecified atom stereocenters. The summed E-state index contributed by atoms with van der Waals surface area (Å²) in [6.45, 7) is 8.47. The van der Waals surface area contributed by atoms with Gasteiger partial charge in [0.1, 0.15) is 23.0 Å². The third-order valence-electron chi connectivity index (χ3n) is 7.44. The molecule has 0 aliphatic heterocycles. The van der Waals surface area contributed by atoms with Gasteiger partial charge in [-0.1, -0.05) is 72.8 Å². The summed E-state index contributed by atoms with van der Waals surface area (Å²) in [5.74, 6) is 3.24. The van der Waals surface area contributed by atoms with Crippen LogP contribution in [0.5, 0.6) is 23.0 Å². The molecular weight excluding hydrogens is 464 g/mol. The molecule has 0 heterocycles. The Morgan fingerprint density at radius 2 is 0.816 bits per heavy atom. The first-order valence-corrected chi connectivity index (χ1v) is 13.0. The molecule has 0 bridgehead atoms. The highest BCUT2D eigenvalue weighted by Crippen LogP contribution is 2.47. The van der Waals surface area contributed by atoms with Crippen LogP contribution in [0.2, 0.25) is 0 Å².